The van der Waals surface area contributed by atoms with Gasteiger partial charge in [0, 0.05) is 26.5 Å². The molecule has 0 amide bonds. The number of hydrogen-bond acceptors (Lipinski definition) is 7. The molecule has 0 unspecified atom stereocenters. The average molecular weight is 297 g/mol. The molecule has 0 saturated carbocycles. The number of nitrogen functional groups attached to an aromatic ring is 1. The zero-order valence-electron chi connectivity index (χ0n) is 12.6. The van der Waals surface area contributed by atoms with Crippen LogP contribution < -0.4 is 11.1 Å². The topological polar surface area (TPSA) is 95.7 Å². The number of methoxy groups -OCH3 is 1. The molecule has 1 aromatic rings. The fourth-order valence-electron chi connectivity index (χ4n) is 1.63. The second-order valence-electron chi connectivity index (χ2n) is 4.23. The van der Waals surface area contributed by atoms with Gasteiger partial charge in [-0.2, -0.15) is 0 Å². The van der Waals surface area contributed by atoms with Crippen LogP contribution in [0.15, 0.2) is 12.3 Å². The van der Waals surface area contributed by atoms with Gasteiger partial charge in [-0.15, -0.1) is 0 Å². The Morgan fingerprint density at radius 2 is 2.19 bits per heavy atom. The average Bonchev–Trinajstić information content (AvgIpc) is 2.48. The van der Waals surface area contributed by atoms with E-state index in [1.165, 1.54) is 6.20 Å². The number of carbonyl (C=O) groups is 1. The van der Waals surface area contributed by atoms with Gasteiger partial charge in [-0.25, -0.2) is 9.78 Å². The van der Waals surface area contributed by atoms with Gasteiger partial charge >= 0.3 is 5.97 Å². The van der Waals surface area contributed by atoms with Gasteiger partial charge in [-0.05, 0) is 19.4 Å². The summed E-state index contributed by atoms with van der Waals surface area (Å²) in [5.41, 5.74) is 6.55. The van der Waals surface area contributed by atoms with Gasteiger partial charge in [-0.3, -0.25) is 0 Å². The maximum Gasteiger partial charge on any atom is 0.340 e. The van der Waals surface area contributed by atoms with E-state index in [1.807, 2.05) is 0 Å². The van der Waals surface area contributed by atoms with Crippen molar-refractivity contribution in [2.24, 2.45) is 0 Å². The maximum atomic E-state index is 11.7. The molecule has 0 aromatic carbocycles. The number of esters is 1. The summed E-state index contributed by atoms with van der Waals surface area (Å²) in [6.07, 6.45) is 2.33. The summed E-state index contributed by atoms with van der Waals surface area (Å²) < 4.78 is 15.2. The number of rotatable bonds is 10. The third-order valence-electron chi connectivity index (χ3n) is 2.68. The molecular formula is C14H23N3O4. The predicted octanol–water partition coefficient (Wildman–Crippen LogP) is 1.31. The molecule has 0 aliphatic rings. The zero-order chi connectivity index (χ0) is 15.5. The van der Waals surface area contributed by atoms with E-state index in [9.17, 15) is 4.79 Å². The Balaban J connectivity index is 2.41. The van der Waals surface area contributed by atoms with Gasteiger partial charge in [0.1, 0.15) is 5.82 Å². The van der Waals surface area contributed by atoms with E-state index in [2.05, 4.69) is 10.3 Å². The number of hydrogen-bond donors (Lipinski definition) is 2. The third-order valence-corrected chi connectivity index (χ3v) is 2.68. The van der Waals surface area contributed by atoms with Gasteiger partial charge in [0.2, 0.25) is 0 Å². The summed E-state index contributed by atoms with van der Waals surface area (Å²) >= 11 is 0. The Morgan fingerprint density at radius 1 is 1.38 bits per heavy atom. The van der Waals surface area contributed by atoms with Crippen LogP contribution in [-0.4, -0.2) is 51.0 Å². The van der Waals surface area contributed by atoms with Gasteiger partial charge in [-0.1, -0.05) is 0 Å². The Kier molecular flexibility index (Phi) is 8.15. The number of nitrogens with zero attached hydrogens (tertiary/aromatic N) is 1. The number of ether oxygens (including phenoxy) is 3. The van der Waals surface area contributed by atoms with E-state index in [0.29, 0.717) is 50.0 Å². The first-order chi connectivity index (χ1) is 10.2. The highest BCUT2D eigenvalue weighted by atomic mass is 16.5. The lowest BCUT2D eigenvalue weighted by Crippen LogP contribution is -2.13. The third kappa shape index (κ3) is 5.97. The zero-order valence-corrected chi connectivity index (χ0v) is 12.6. The molecule has 0 bridgehead atoms. The van der Waals surface area contributed by atoms with Crippen LogP contribution in [0.2, 0.25) is 0 Å². The molecule has 1 heterocycles. The van der Waals surface area contributed by atoms with E-state index in [1.54, 1.807) is 20.1 Å². The lowest BCUT2D eigenvalue weighted by molar-refractivity contribution is 0.0527. The largest absolute Gasteiger partial charge is 0.462 e. The SMILES string of the molecule is CCOC(=O)c1ccnc(NCCCOCCOC)c1N. The standard InChI is InChI=1S/C14H23N3O4/c1-3-21-14(18)11-5-7-17-13(12(11)15)16-6-4-8-20-10-9-19-2/h5,7H,3-4,6,8-10,15H2,1-2H3,(H,16,17). The predicted molar refractivity (Wildman–Crippen MR) is 80.4 cm³/mol. The normalized spacial score (nSPS) is 10.4. The lowest BCUT2D eigenvalue weighted by Gasteiger charge is -2.11. The first kappa shape index (κ1) is 17.2. The van der Waals surface area contributed by atoms with Crippen LogP contribution >= 0.6 is 0 Å². The van der Waals surface area contributed by atoms with Crippen LogP contribution in [0.4, 0.5) is 11.5 Å². The molecule has 0 aliphatic heterocycles. The van der Waals surface area contributed by atoms with Crippen LogP contribution in [0.5, 0.6) is 0 Å². The number of nitrogens with two attached hydrogens (primary N) is 1. The lowest BCUT2D eigenvalue weighted by atomic mass is 10.2. The molecule has 1 rings (SSSR count). The van der Waals surface area contributed by atoms with Crippen molar-refractivity contribution < 1.29 is 19.0 Å². The number of aromatic nitrogens is 1. The molecule has 7 heteroatoms. The molecule has 1 aromatic heterocycles. The first-order valence-corrected chi connectivity index (χ1v) is 6.92. The van der Waals surface area contributed by atoms with Crippen molar-refractivity contribution in [2.75, 3.05) is 51.1 Å². The number of carbonyl (C=O) groups excluding carboxylic acids is 1. The van der Waals surface area contributed by atoms with Crippen LogP contribution in [0.25, 0.3) is 0 Å². The minimum Gasteiger partial charge on any atom is -0.462 e. The fraction of sp³-hybridized carbons (Fsp3) is 0.571. The van der Waals surface area contributed by atoms with Crippen LogP contribution in [0, 0.1) is 0 Å². The Bertz CT molecular complexity index is 440. The molecule has 0 spiro atoms. The van der Waals surface area contributed by atoms with Crippen LogP contribution in [-0.2, 0) is 14.2 Å². The van der Waals surface area contributed by atoms with E-state index < -0.39 is 5.97 Å². The van der Waals surface area contributed by atoms with E-state index in [-0.39, 0.29) is 0 Å². The highest BCUT2D eigenvalue weighted by Gasteiger charge is 2.14. The second kappa shape index (κ2) is 9.95. The monoisotopic (exact) mass is 297 g/mol. The number of pyridine rings is 1. The number of nitrogens with one attached hydrogen (secondary N) is 1. The molecule has 7 nitrogen and oxygen atoms in total. The summed E-state index contributed by atoms with van der Waals surface area (Å²) in [6.45, 7) is 4.49. The smallest absolute Gasteiger partial charge is 0.340 e. The molecule has 0 radical (unpaired) electrons. The highest BCUT2D eigenvalue weighted by molar-refractivity contribution is 5.97. The minimum absolute atomic E-state index is 0.302. The van der Waals surface area contributed by atoms with Crippen molar-refractivity contribution in [1.29, 1.82) is 0 Å². The van der Waals surface area contributed by atoms with Crippen LogP contribution in [0.1, 0.15) is 23.7 Å². The van der Waals surface area contributed by atoms with E-state index in [0.717, 1.165) is 6.42 Å². The van der Waals surface area contributed by atoms with E-state index >= 15 is 0 Å². The van der Waals surface area contributed by atoms with Gasteiger partial charge in [0.15, 0.2) is 0 Å². The summed E-state index contributed by atoms with van der Waals surface area (Å²) in [5.74, 6) is 0.0424. The second-order valence-corrected chi connectivity index (χ2v) is 4.23. The Hall–Kier alpha value is -1.86. The van der Waals surface area contributed by atoms with Gasteiger partial charge in [0.05, 0.1) is 31.1 Å². The molecule has 0 atom stereocenters. The van der Waals surface area contributed by atoms with Crippen molar-refractivity contribution in [1.82, 2.24) is 4.98 Å². The van der Waals surface area contributed by atoms with Gasteiger partial charge in [0.25, 0.3) is 0 Å². The first-order valence-electron chi connectivity index (χ1n) is 6.92. The molecule has 0 saturated heterocycles. The molecule has 0 fully saturated rings. The summed E-state index contributed by atoms with van der Waals surface area (Å²) in [4.78, 5) is 15.8. The van der Waals surface area contributed by atoms with Crippen molar-refractivity contribution in [3.63, 3.8) is 0 Å². The van der Waals surface area contributed by atoms with Crippen LogP contribution in [0.3, 0.4) is 0 Å². The van der Waals surface area contributed by atoms with Crippen molar-refractivity contribution in [3.05, 3.63) is 17.8 Å². The molecule has 21 heavy (non-hydrogen) atoms. The quantitative estimate of drug-likeness (QED) is 0.496. The van der Waals surface area contributed by atoms with Gasteiger partial charge < -0.3 is 25.3 Å². The molecular weight excluding hydrogens is 274 g/mol. The number of anilines is 2. The molecule has 3 N–H and O–H groups in total. The fourth-order valence-corrected chi connectivity index (χ4v) is 1.63. The summed E-state index contributed by atoms with van der Waals surface area (Å²) in [6, 6.07) is 1.55. The van der Waals surface area contributed by atoms with E-state index in [4.69, 9.17) is 19.9 Å². The summed E-state index contributed by atoms with van der Waals surface area (Å²) in [7, 11) is 1.63. The minimum atomic E-state index is -0.441. The Morgan fingerprint density at radius 3 is 2.90 bits per heavy atom. The van der Waals surface area contributed by atoms with Crippen molar-refractivity contribution in [2.45, 2.75) is 13.3 Å². The molecule has 0 aliphatic carbocycles. The molecule has 118 valence electrons. The maximum absolute atomic E-state index is 11.7. The van der Waals surface area contributed by atoms with Crippen molar-refractivity contribution in [3.8, 4) is 0 Å². The summed E-state index contributed by atoms with van der Waals surface area (Å²) in [5, 5.41) is 3.09. The van der Waals surface area contributed by atoms with Crippen molar-refractivity contribution >= 4 is 17.5 Å². The Labute approximate surface area is 124 Å². The highest BCUT2D eigenvalue weighted by Crippen LogP contribution is 2.20.